The summed E-state index contributed by atoms with van der Waals surface area (Å²) >= 11 is 0. The fourth-order valence-corrected chi connectivity index (χ4v) is 2.81. The van der Waals surface area contributed by atoms with Gasteiger partial charge in [-0.05, 0) is 37.5 Å². The Labute approximate surface area is 113 Å². The van der Waals surface area contributed by atoms with E-state index >= 15 is 0 Å². The van der Waals surface area contributed by atoms with Crippen LogP contribution >= 0.6 is 0 Å². The number of aliphatic hydroxyl groups excluding tert-OH is 1. The van der Waals surface area contributed by atoms with Crippen molar-refractivity contribution in [3.8, 4) is 0 Å². The lowest BCUT2D eigenvalue weighted by molar-refractivity contribution is 0.0558. The van der Waals surface area contributed by atoms with E-state index in [1.54, 1.807) is 31.0 Å². The maximum Gasteiger partial charge on any atom is 0.146 e. The standard InChI is InChI=1S/C15H22FNO2/c1-11(18)12-5-6-14(13(16)9-12)17(2)10-15(19)7-3-4-8-15/h5-6,9,11,18-19H,3-4,7-8,10H2,1-2H3/t11-/m0/s1. The highest BCUT2D eigenvalue weighted by molar-refractivity contribution is 5.49. The molecule has 3 nitrogen and oxygen atoms in total. The SMILES string of the molecule is C[C@H](O)c1ccc(N(C)CC2(O)CCCC2)c(F)c1. The van der Waals surface area contributed by atoms with Crippen LogP contribution < -0.4 is 4.90 Å². The molecule has 106 valence electrons. The predicted octanol–water partition coefficient (Wildman–Crippen LogP) is 2.62. The van der Waals surface area contributed by atoms with Crippen LogP contribution in [0.1, 0.15) is 44.3 Å². The highest BCUT2D eigenvalue weighted by Crippen LogP contribution is 2.32. The van der Waals surface area contributed by atoms with Gasteiger partial charge in [0.1, 0.15) is 5.82 Å². The monoisotopic (exact) mass is 267 g/mol. The molecule has 0 amide bonds. The van der Waals surface area contributed by atoms with Gasteiger partial charge in [0.05, 0.1) is 17.4 Å². The second-order valence-corrected chi connectivity index (χ2v) is 5.67. The molecule has 1 saturated carbocycles. The van der Waals surface area contributed by atoms with E-state index in [1.807, 2.05) is 0 Å². The molecule has 0 bridgehead atoms. The Morgan fingerprint density at radius 1 is 1.37 bits per heavy atom. The summed E-state index contributed by atoms with van der Waals surface area (Å²) in [7, 11) is 1.79. The summed E-state index contributed by atoms with van der Waals surface area (Å²) in [6.45, 7) is 2.05. The summed E-state index contributed by atoms with van der Waals surface area (Å²) in [5.74, 6) is -0.359. The fourth-order valence-electron chi connectivity index (χ4n) is 2.81. The summed E-state index contributed by atoms with van der Waals surface area (Å²) in [4.78, 5) is 1.76. The van der Waals surface area contributed by atoms with Gasteiger partial charge < -0.3 is 15.1 Å². The highest BCUT2D eigenvalue weighted by atomic mass is 19.1. The van der Waals surface area contributed by atoms with Crippen molar-refractivity contribution in [3.63, 3.8) is 0 Å². The summed E-state index contributed by atoms with van der Waals surface area (Å²) in [5.41, 5.74) is 0.336. The molecule has 0 saturated heterocycles. The van der Waals surface area contributed by atoms with Crippen molar-refractivity contribution in [2.24, 2.45) is 0 Å². The summed E-state index contributed by atoms with van der Waals surface area (Å²) in [6, 6.07) is 4.74. The Kier molecular flexibility index (Phi) is 4.11. The first-order valence-corrected chi connectivity index (χ1v) is 6.82. The van der Waals surface area contributed by atoms with Crippen molar-refractivity contribution >= 4 is 5.69 Å². The molecule has 1 aliphatic rings. The van der Waals surface area contributed by atoms with Gasteiger partial charge in [-0.15, -0.1) is 0 Å². The van der Waals surface area contributed by atoms with Crippen LogP contribution in [0.5, 0.6) is 0 Å². The van der Waals surface area contributed by atoms with Gasteiger partial charge in [0.15, 0.2) is 0 Å². The topological polar surface area (TPSA) is 43.7 Å². The van der Waals surface area contributed by atoms with Gasteiger partial charge in [0.25, 0.3) is 0 Å². The number of benzene rings is 1. The largest absolute Gasteiger partial charge is 0.389 e. The van der Waals surface area contributed by atoms with Crippen molar-refractivity contribution < 1.29 is 14.6 Å². The van der Waals surface area contributed by atoms with Crippen LogP contribution in [0, 0.1) is 5.82 Å². The molecule has 0 spiro atoms. The number of hydrogen-bond donors (Lipinski definition) is 2. The van der Waals surface area contributed by atoms with Crippen LogP contribution in [0.3, 0.4) is 0 Å². The average Bonchev–Trinajstić information content (AvgIpc) is 2.75. The van der Waals surface area contributed by atoms with Gasteiger partial charge in [-0.1, -0.05) is 18.9 Å². The summed E-state index contributed by atoms with van der Waals surface area (Å²) in [5, 5.41) is 19.8. The van der Waals surface area contributed by atoms with Crippen molar-refractivity contribution in [3.05, 3.63) is 29.6 Å². The smallest absolute Gasteiger partial charge is 0.146 e. The maximum atomic E-state index is 14.0. The lowest BCUT2D eigenvalue weighted by Crippen LogP contribution is -2.39. The summed E-state index contributed by atoms with van der Waals surface area (Å²) in [6.07, 6.45) is 2.96. The second-order valence-electron chi connectivity index (χ2n) is 5.67. The molecular formula is C15H22FNO2. The van der Waals surface area contributed by atoms with E-state index in [0.29, 0.717) is 17.8 Å². The number of halogens is 1. The van der Waals surface area contributed by atoms with Gasteiger partial charge in [0.2, 0.25) is 0 Å². The van der Waals surface area contributed by atoms with Crippen molar-refractivity contribution in [2.45, 2.75) is 44.3 Å². The van der Waals surface area contributed by atoms with Crippen molar-refractivity contribution in [1.82, 2.24) is 0 Å². The molecule has 1 fully saturated rings. The molecule has 0 radical (unpaired) electrons. The van der Waals surface area contributed by atoms with Crippen molar-refractivity contribution in [1.29, 1.82) is 0 Å². The normalized spacial score (nSPS) is 19.4. The zero-order valence-electron chi connectivity index (χ0n) is 11.6. The highest BCUT2D eigenvalue weighted by Gasteiger charge is 2.32. The first kappa shape index (κ1) is 14.3. The van der Waals surface area contributed by atoms with Crippen LogP contribution in [0.2, 0.25) is 0 Å². The third kappa shape index (κ3) is 3.25. The van der Waals surface area contributed by atoms with E-state index in [1.165, 1.54) is 6.07 Å². The van der Waals surface area contributed by atoms with Gasteiger partial charge in [-0.3, -0.25) is 0 Å². The molecule has 1 aliphatic carbocycles. The van der Waals surface area contributed by atoms with Crippen LogP contribution in [-0.2, 0) is 0 Å². The molecule has 0 heterocycles. The quantitative estimate of drug-likeness (QED) is 0.881. The van der Waals surface area contributed by atoms with Crippen molar-refractivity contribution in [2.75, 3.05) is 18.5 Å². The Hall–Kier alpha value is -1.13. The molecule has 1 aromatic carbocycles. The molecule has 0 aromatic heterocycles. The Bertz CT molecular complexity index is 442. The van der Waals surface area contributed by atoms with E-state index in [0.717, 1.165) is 25.7 Å². The first-order chi connectivity index (χ1) is 8.91. The van der Waals surface area contributed by atoms with Gasteiger partial charge in [-0.2, -0.15) is 0 Å². The molecule has 0 aliphatic heterocycles. The molecule has 4 heteroatoms. The Balaban J connectivity index is 2.12. The minimum Gasteiger partial charge on any atom is -0.389 e. The van der Waals surface area contributed by atoms with Gasteiger partial charge in [-0.25, -0.2) is 4.39 Å². The van der Waals surface area contributed by atoms with E-state index in [-0.39, 0.29) is 5.82 Å². The van der Waals surface area contributed by atoms with E-state index in [2.05, 4.69) is 0 Å². The Morgan fingerprint density at radius 3 is 2.53 bits per heavy atom. The number of aliphatic hydroxyl groups is 2. The summed E-state index contributed by atoms with van der Waals surface area (Å²) < 4.78 is 14.0. The fraction of sp³-hybridized carbons (Fsp3) is 0.600. The van der Waals surface area contributed by atoms with E-state index < -0.39 is 11.7 Å². The molecule has 19 heavy (non-hydrogen) atoms. The first-order valence-electron chi connectivity index (χ1n) is 6.82. The molecule has 2 N–H and O–H groups in total. The number of likely N-dealkylation sites (N-methyl/N-ethyl adjacent to an activating group) is 1. The number of anilines is 1. The van der Waals surface area contributed by atoms with E-state index in [9.17, 15) is 14.6 Å². The molecule has 2 rings (SSSR count). The molecular weight excluding hydrogens is 245 g/mol. The Morgan fingerprint density at radius 2 is 2.00 bits per heavy atom. The molecule has 1 aromatic rings. The zero-order valence-corrected chi connectivity index (χ0v) is 11.6. The second kappa shape index (κ2) is 5.47. The number of nitrogens with zero attached hydrogens (tertiary/aromatic N) is 1. The average molecular weight is 267 g/mol. The van der Waals surface area contributed by atoms with Crippen LogP contribution in [0.4, 0.5) is 10.1 Å². The molecule has 1 atom stereocenters. The van der Waals surface area contributed by atoms with E-state index in [4.69, 9.17) is 0 Å². The maximum absolute atomic E-state index is 14.0. The lowest BCUT2D eigenvalue weighted by atomic mass is 10.0. The van der Waals surface area contributed by atoms with Crippen LogP contribution in [-0.4, -0.2) is 29.4 Å². The predicted molar refractivity (Wildman–Crippen MR) is 73.7 cm³/mol. The van der Waals surface area contributed by atoms with Crippen LogP contribution in [0.15, 0.2) is 18.2 Å². The molecule has 0 unspecified atom stereocenters. The number of rotatable bonds is 4. The van der Waals surface area contributed by atoms with Crippen LogP contribution in [0.25, 0.3) is 0 Å². The number of hydrogen-bond acceptors (Lipinski definition) is 3. The van der Waals surface area contributed by atoms with Gasteiger partial charge >= 0.3 is 0 Å². The third-order valence-electron chi connectivity index (χ3n) is 3.93. The minimum atomic E-state index is -0.690. The lowest BCUT2D eigenvalue weighted by Gasteiger charge is -2.30. The third-order valence-corrected chi connectivity index (χ3v) is 3.93. The van der Waals surface area contributed by atoms with Gasteiger partial charge in [0, 0.05) is 13.6 Å². The minimum absolute atomic E-state index is 0.359. The zero-order chi connectivity index (χ0) is 14.0.